The molecule has 0 aliphatic heterocycles. The van der Waals surface area contributed by atoms with Crippen molar-refractivity contribution < 1.29 is 4.42 Å². The molecule has 0 saturated heterocycles. The maximum Gasteiger partial charge on any atom is 0.344 e. The Morgan fingerprint density at radius 2 is 0.951 bits per heavy atom. The Kier molecular flexibility index (Phi) is 6.97. The fraction of sp³-hybridized carbons (Fsp3) is 0.0541. The van der Waals surface area contributed by atoms with E-state index in [1.807, 2.05) is 30.3 Å². The predicted octanol–water partition coefficient (Wildman–Crippen LogP) is 8.40. The summed E-state index contributed by atoms with van der Waals surface area (Å²) < 4.78 is 5.07. The summed E-state index contributed by atoms with van der Waals surface area (Å²) in [6.07, 6.45) is 6.82. The first-order valence-corrected chi connectivity index (χ1v) is 13.5. The van der Waals surface area contributed by atoms with Gasteiger partial charge in [0.1, 0.15) is 5.42 Å². The van der Waals surface area contributed by atoms with E-state index in [1.54, 1.807) is 6.07 Å². The van der Waals surface area contributed by atoms with E-state index in [0.29, 0.717) is 10.8 Å². The van der Waals surface area contributed by atoms with Gasteiger partial charge in [-0.2, -0.15) is 0 Å². The van der Waals surface area contributed by atoms with Crippen LogP contribution < -0.4 is 11.0 Å². The minimum absolute atomic E-state index is 0.315. The summed E-state index contributed by atoms with van der Waals surface area (Å²) >= 11 is 0. The molecule has 0 fully saturated rings. The molecule has 2 aliphatic rings. The lowest BCUT2D eigenvalue weighted by Gasteiger charge is -2.03. The third kappa shape index (κ3) is 4.70. The second-order valence-corrected chi connectivity index (χ2v) is 10.1. The molecule has 4 heteroatoms. The van der Waals surface area contributed by atoms with Crippen molar-refractivity contribution in [3.05, 3.63) is 157 Å². The summed E-state index contributed by atoms with van der Waals surface area (Å²) in [6.45, 7) is 3.75. The topological polar surface area (TPSA) is 64.3 Å². The molecule has 0 unspecified atom stereocenters. The van der Waals surface area contributed by atoms with Crippen molar-refractivity contribution in [1.29, 1.82) is 0 Å². The fourth-order valence-corrected chi connectivity index (χ4v) is 6.01. The second kappa shape index (κ2) is 11.0. The highest BCUT2D eigenvalue weighted by Gasteiger charge is 2.12. The maximum absolute atomic E-state index is 11.6. The normalized spacial score (nSPS) is 12.0. The van der Waals surface area contributed by atoms with Crippen molar-refractivity contribution in [2.75, 3.05) is 0 Å². The molecule has 0 radical (unpaired) electrons. The van der Waals surface area contributed by atoms with Gasteiger partial charge in [0.05, 0.1) is 5.39 Å². The monoisotopic (exact) mass is 534 g/mol. The molecule has 41 heavy (non-hydrogen) atoms. The van der Waals surface area contributed by atoms with Crippen molar-refractivity contribution in [1.82, 2.24) is 0 Å². The van der Waals surface area contributed by atoms with Crippen LogP contribution in [0.1, 0.15) is 22.3 Å². The molecule has 0 saturated carbocycles. The molecule has 0 atom stereocenters. The van der Waals surface area contributed by atoms with Crippen LogP contribution in [0.4, 0.5) is 0 Å². The van der Waals surface area contributed by atoms with E-state index in [4.69, 9.17) is 14.3 Å². The second-order valence-electron chi connectivity index (χ2n) is 10.1. The first-order valence-electron chi connectivity index (χ1n) is 13.5. The van der Waals surface area contributed by atoms with Gasteiger partial charge in [0.2, 0.25) is 0 Å². The third-order valence-corrected chi connectivity index (χ3v) is 7.79. The molecular weight excluding hydrogens is 508 g/mol. The van der Waals surface area contributed by atoms with E-state index < -0.39 is 0 Å². The molecule has 6 aromatic carbocycles. The predicted molar refractivity (Wildman–Crippen MR) is 172 cm³/mol. The van der Waals surface area contributed by atoms with Gasteiger partial charge in [0.25, 0.3) is 0 Å². The van der Waals surface area contributed by atoms with E-state index >= 15 is 0 Å². The Morgan fingerprint density at radius 1 is 0.512 bits per heavy atom. The smallest absolute Gasteiger partial charge is 0.344 e. The Balaban J connectivity index is 0.000000108. The summed E-state index contributed by atoms with van der Waals surface area (Å²) in [6, 6.07) is 37.5. The lowest BCUT2D eigenvalue weighted by Crippen LogP contribution is -2.11. The summed E-state index contributed by atoms with van der Waals surface area (Å²) in [7, 11) is 0. The van der Waals surface area contributed by atoms with Gasteiger partial charge >= 0.3 is 5.63 Å². The molecule has 2 aliphatic carbocycles. The zero-order chi connectivity index (χ0) is 28.3. The van der Waals surface area contributed by atoms with E-state index in [2.05, 4.69) is 91.5 Å². The Hall–Kier alpha value is -5.35. The maximum atomic E-state index is 11.6. The largest absolute Gasteiger partial charge is 0.423 e. The lowest BCUT2D eigenvalue weighted by atomic mass is 10.0. The number of benzene rings is 6. The molecule has 198 valence electrons. The van der Waals surface area contributed by atoms with Crippen molar-refractivity contribution in [3.63, 3.8) is 0 Å². The number of hydrogen-bond acceptors (Lipinski definition) is 4. The van der Waals surface area contributed by atoms with Gasteiger partial charge in [0, 0.05) is 20.7 Å². The molecule has 7 aromatic rings. The highest BCUT2D eigenvalue weighted by Crippen LogP contribution is 2.31. The molecule has 1 heterocycles. The average molecular weight is 535 g/mol. The van der Waals surface area contributed by atoms with E-state index in [0.717, 1.165) is 16.2 Å². The van der Waals surface area contributed by atoms with Gasteiger partial charge in [-0.25, -0.2) is 4.79 Å². The number of aryl methyl sites for hydroxylation is 2. The van der Waals surface area contributed by atoms with Crippen LogP contribution in [-0.2, 0) is 12.8 Å². The average Bonchev–Trinajstić information content (AvgIpc) is 3.65. The Bertz CT molecular complexity index is 2030. The fourth-order valence-electron chi connectivity index (χ4n) is 6.01. The summed E-state index contributed by atoms with van der Waals surface area (Å²) in [5.74, 6) is 0. The van der Waals surface area contributed by atoms with Crippen LogP contribution in [0.2, 0.25) is 0 Å². The standard InChI is InChI=1S/C13H8O2.C12H10.C12H8.O2/c1-8-10-6-2-4-9-5-3-7-11(12(9)10)13(14)15-8;2*1-3-9-4-2-6-11-8-7-10(5-1)12(9)11;1-2/h2-7H,1H2;1-6H,7-8H2;1-8H;. The van der Waals surface area contributed by atoms with E-state index in [9.17, 15) is 4.79 Å². The summed E-state index contributed by atoms with van der Waals surface area (Å²) in [4.78, 5) is 25.6. The highest BCUT2D eigenvalue weighted by atomic mass is 16.7. The molecule has 9 rings (SSSR count). The SMILES string of the molecule is C1=Cc2cccc3cccc1c23.C=c1oc(=O)c2cccc3cccc1c32.O=O.c1cc2c3c(cccc3c1)CC2. The third-order valence-electron chi connectivity index (χ3n) is 7.79. The van der Waals surface area contributed by atoms with Crippen LogP contribution in [0.5, 0.6) is 0 Å². The van der Waals surface area contributed by atoms with E-state index in [-0.39, 0.29) is 5.63 Å². The van der Waals surface area contributed by atoms with Crippen LogP contribution in [0, 0.1) is 9.93 Å². The zero-order valence-corrected chi connectivity index (χ0v) is 22.3. The summed E-state index contributed by atoms with van der Waals surface area (Å²) in [5, 5.41) is 9.18. The molecular formula is C37H26O4. The van der Waals surface area contributed by atoms with Gasteiger partial charge < -0.3 is 4.42 Å². The molecule has 0 spiro atoms. The van der Waals surface area contributed by atoms with Gasteiger partial charge in [0.15, 0.2) is 0 Å². The molecule has 1 aromatic heterocycles. The first-order chi connectivity index (χ1) is 20.2. The lowest BCUT2D eigenvalue weighted by molar-refractivity contribution is 0.494. The van der Waals surface area contributed by atoms with Crippen LogP contribution in [0.3, 0.4) is 0 Å². The first kappa shape index (κ1) is 25.9. The van der Waals surface area contributed by atoms with Crippen molar-refractivity contribution in [3.8, 4) is 0 Å². The van der Waals surface area contributed by atoms with E-state index in [1.165, 1.54) is 56.6 Å². The quantitative estimate of drug-likeness (QED) is 0.196. The molecule has 0 amide bonds. The Morgan fingerprint density at radius 3 is 1.51 bits per heavy atom. The van der Waals surface area contributed by atoms with Crippen molar-refractivity contribution >= 4 is 61.8 Å². The number of hydrogen-bond donors (Lipinski definition) is 0. The minimum Gasteiger partial charge on any atom is -0.423 e. The van der Waals surface area contributed by atoms with Crippen LogP contribution >= 0.6 is 0 Å². The minimum atomic E-state index is -0.315. The zero-order valence-electron chi connectivity index (χ0n) is 22.3. The molecule has 4 nitrogen and oxygen atoms in total. The van der Waals surface area contributed by atoms with Gasteiger partial charge in [-0.05, 0) is 68.1 Å². The Labute approximate surface area is 236 Å². The molecule has 0 N–H and O–H groups in total. The van der Waals surface area contributed by atoms with Crippen molar-refractivity contribution in [2.24, 2.45) is 0 Å². The van der Waals surface area contributed by atoms with Crippen LogP contribution in [-0.4, -0.2) is 0 Å². The van der Waals surface area contributed by atoms with Gasteiger partial charge in [-0.1, -0.05) is 122 Å². The van der Waals surface area contributed by atoms with Crippen molar-refractivity contribution in [2.45, 2.75) is 12.8 Å². The molecule has 0 bridgehead atoms. The summed E-state index contributed by atoms with van der Waals surface area (Å²) in [5.41, 5.74) is 5.88. The number of rotatable bonds is 0. The van der Waals surface area contributed by atoms with Gasteiger partial charge in [-0.3, -0.25) is 0 Å². The van der Waals surface area contributed by atoms with Crippen LogP contribution in [0.15, 0.2) is 118 Å². The van der Waals surface area contributed by atoms with Crippen LogP contribution in [0.25, 0.3) is 61.8 Å². The van der Waals surface area contributed by atoms with Gasteiger partial charge in [-0.15, -0.1) is 0 Å². The highest BCUT2D eigenvalue weighted by molar-refractivity contribution is 6.09.